The zero-order valence-electron chi connectivity index (χ0n) is 21.8. The number of aromatic amines is 1. The van der Waals surface area contributed by atoms with Crippen molar-refractivity contribution in [3.63, 3.8) is 0 Å². The Bertz CT molecular complexity index is 1450. The van der Waals surface area contributed by atoms with Gasteiger partial charge in [0.05, 0.1) is 6.04 Å². The quantitative estimate of drug-likeness (QED) is 0.403. The third-order valence-electron chi connectivity index (χ3n) is 8.19. The van der Waals surface area contributed by atoms with E-state index in [0.29, 0.717) is 5.56 Å². The summed E-state index contributed by atoms with van der Waals surface area (Å²) >= 11 is 0. The van der Waals surface area contributed by atoms with Gasteiger partial charge in [-0.05, 0) is 83.1 Å². The molecule has 1 saturated heterocycles. The van der Waals surface area contributed by atoms with Crippen molar-refractivity contribution in [2.75, 3.05) is 31.1 Å². The van der Waals surface area contributed by atoms with Crippen LogP contribution in [0.3, 0.4) is 0 Å². The van der Waals surface area contributed by atoms with Crippen molar-refractivity contribution in [1.29, 1.82) is 0 Å². The molecule has 2 aromatic carbocycles. The number of tetrazole rings is 1. The third-order valence-corrected chi connectivity index (χ3v) is 8.19. The first-order chi connectivity index (χ1) is 18.6. The van der Waals surface area contributed by atoms with E-state index in [1.165, 1.54) is 37.0 Å². The number of pyridine rings is 1. The zero-order valence-corrected chi connectivity index (χ0v) is 21.8. The van der Waals surface area contributed by atoms with Crippen LogP contribution in [0.1, 0.15) is 68.1 Å². The van der Waals surface area contributed by atoms with Gasteiger partial charge < -0.3 is 9.88 Å². The van der Waals surface area contributed by atoms with Crippen LogP contribution >= 0.6 is 0 Å². The van der Waals surface area contributed by atoms with Crippen LogP contribution in [0.4, 0.5) is 10.1 Å². The minimum atomic E-state index is -0.360. The Kier molecular flexibility index (Phi) is 6.93. The van der Waals surface area contributed by atoms with Crippen LogP contribution in [-0.4, -0.2) is 56.3 Å². The van der Waals surface area contributed by atoms with Crippen molar-refractivity contribution >= 4 is 16.6 Å². The van der Waals surface area contributed by atoms with E-state index in [-0.39, 0.29) is 23.5 Å². The molecule has 2 aromatic heterocycles. The number of fused-ring (bicyclic) bond motifs is 1. The fraction of sp³-hybridized carbons (Fsp3) is 0.448. The minimum Gasteiger partial charge on any atom is -0.369 e. The zero-order chi connectivity index (χ0) is 26.1. The lowest BCUT2D eigenvalue weighted by molar-refractivity contribution is 0.192. The number of H-pyrrole nitrogens is 1. The lowest BCUT2D eigenvalue weighted by Gasteiger charge is -2.40. The van der Waals surface area contributed by atoms with Crippen LogP contribution in [0.2, 0.25) is 0 Å². The first-order valence-corrected chi connectivity index (χ1v) is 13.8. The number of nitrogens with one attached hydrogen (secondary N) is 1. The first kappa shape index (κ1) is 24.7. The molecule has 0 bridgehead atoms. The summed E-state index contributed by atoms with van der Waals surface area (Å²) in [5, 5.41) is 14.1. The molecule has 1 saturated carbocycles. The molecule has 38 heavy (non-hydrogen) atoms. The Hall–Kier alpha value is -3.59. The molecule has 2 aliphatic rings. The lowest BCUT2D eigenvalue weighted by Crippen LogP contribution is -2.49. The molecule has 4 aromatic rings. The second kappa shape index (κ2) is 10.6. The van der Waals surface area contributed by atoms with Crippen molar-refractivity contribution in [3.05, 3.63) is 81.7 Å². The fourth-order valence-corrected chi connectivity index (χ4v) is 6.05. The van der Waals surface area contributed by atoms with Gasteiger partial charge in [0.2, 0.25) is 0 Å². The smallest absolute Gasteiger partial charge is 0.253 e. The van der Waals surface area contributed by atoms with Gasteiger partial charge in [-0.1, -0.05) is 32.3 Å². The summed E-state index contributed by atoms with van der Waals surface area (Å²) in [6.07, 6.45) is 6.61. The molecule has 2 fully saturated rings. The van der Waals surface area contributed by atoms with Crippen molar-refractivity contribution < 1.29 is 4.39 Å². The molecule has 1 aliphatic carbocycles. The standard InChI is InChI=1S/C29H34FN7O/c1-2-20-8-13-26-21(18-20)19-25(29(38)31-26)27(28-32-33-34-37(28)24-6-4-3-5-7-24)36-16-14-35(15-17-36)23-11-9-22(30)10-12-23/h8-13,18-19,24,27H,2-7,14-17H2,1H3,(H,31,38). The number of hydrogen-bond donors (Lipinski definition) is 1. The maximum Gasteiger partial charge on any atom is 0.253 e. The van der Waals surface area contributed by atoms with E-state index < -0.39 is 0 Å². The van der Waals surface area contributed by atoms with E-state index in [1.807, 2.05) is 28.9 Å². The summed E-state index contributed by atoms with van der Waals surface area (Å²) < 4.78 is 15.5. The number of aryl methyl sites for hydroxylation is 1. The lowest BCUT2D eigenvalue weighted by atomic mass is 9.95. The van der Waals surface area contributed by atoms with E-state index in [9.17, 15) is 9.18 Å². The molecule has 8 nitrogen and oxygen atoms in total. The van der Waals surface area contributed by atoms with Gasteiger partial charge in [-0.15, -0.1) is 5.10 Å². The molecule has 1 unspecified atom stereocenters. The number of piperazine rings is 1. The highest BCUT2D eigenvalue weighted by Gasteiger charge is 2.34. The van der Waals surface area contributed by atoms with Crippen LogP contribution in [0.5, 0.6) is 0 Å². The Morgan fingerprint density at radius 1 is 1.00 bits per heavy atom. The van der Waals surface area contributed by atoms with Gasteiger partial charge in [0.1, 0.15) is 11.9 Å². The average Bonchev–Trinajstić information content (AvgIpc) is 3.44. The van der Waals surface area contributed by atoms with E-state index in [4.69, 9.17) is 0 Å². The molecular formula is C29H34FN7O. The number of hydrogen-bond acceptors (Lipinski definition) is 6. The average molecular weight is 516 g/mol. The molecule has 9 heteroatoms. The van der Waals surface area contributed by atoms with Gasteiger partial charge in [0.25, 0.3) is 5.56 Å². The summed E-state index contributed by atoms with van der Waals surface area (Å²) in [7, 11) is 0. The molecular weight excluding hydrogens is 481 g/mol. The summed E-state index contributed by atoms with van der Waals surface area (Å²) in [5.74, 6) is 0.507. The van der Waals surface area contributed by atoms with Crippen LogP contribution in [0.15, 0.2) is 53.3 Å². The highest BCUT2D eigenvalue weighted by molar-refractivity contribution is 5.80. The molecule has 6 rings (SSSR count). The van der Waals surface area contributed by atoms with Crippen LogP contribution in [-0.2, 0) is 6.42 Å². The highest BCUT2D eigenvalue weighted by Crippen LogP contribution is 2.34. The van der Waals surface area contributed by atoms with E-state index in [1.54, 1.807) is 0 Å². The van der Waals surface area contributed by atoms with Crippen molar-refractivity contribution in [3.8, 4) is 0 Å². The van der Waals surface area contributed by atoms with Crippen molar-refractivity contribution in [1.82, 2.24) is 30.1 Å². The van der Waals surface area contributed by atoms with E-state index in [0.717, 1.165) is 67.9 Å². The van der Waals surface area contributed by atoms with Crippen LogP contribution < -0.4 is 10.5 Å². The largest absolute Gasteiger partial charge is 0.369 e. The second-order valence-electron chi connectivity index (χ2n) is 10.5. The Morgan fingerprint density at radius 2 is 1.76 bits per heavy atom. The summed E-state index contributed by atoms with van der Waals surface area (Å²) in [6.45, 7) is 5.12. The molecule has 0 spiro atoms. The van der Waals surface area contributed by atoms with Gasteiger partial charge in [-0.3, -0.25) is 9.69 Å². The summed E-state index contributed by atoms with van der Waals surface area (Å²) in [5.41, 5.74) is 3.64. The SMILES string of the molecule is CCc1ccc2[nH]c(=O)c(C(c3nnnn3C3CCCCC3)N3CCN(c4ccc(F)cc4)CC3)cc2c1. The highest BCUT2D eigenvalue weighted by atomic mass is 19.1. The van der Waals surface area contributed by atoms with E-state index in [2.05, 4.69) is 49.4 Å². The number of benzene rings is 2. The molecule has 0 amide bonds. The maximum absolute atomic E-state index is 13.6. The fourth-order valence-electron chi connectivity index (χ4n) is 6.05. The minimum absolute atomic E-state index is 0.106. The maximum atomic E-state index is 13.6. The van der Waals surface area contributed by atoms with Gasteiger partial charge in [0, 0.05) is 42.9 Å². The van der Waals surface area contributed by atoms with Crippen molar-refractivity contribution in [2.45, 2.75) is 57.5 Å². The second-order valence-corrected chi connectivity index (χ2v) is 10.5. The predicted octanol–water partition coefficient (Wildman–Crippen LogP) is 4.63. The Balaban J connectivity index is 1.38. The van der Waals surface area contributed by atoms with E-state index >= 15 is 0 Å². The summed E-state index contributed by atoms with van der Waals surface area (Å²) in [6, 6.07) is 14.8. The normalized spacial score (nSPS) is 18.2. The number of rotatable bonds is 6. The molecule has 3 heterocycles. The Labute approximate surface area is 221 Å². The predicted molar refractivity (Wildman–Crippen MR) is 146 cm³/mol. The van der Waals surface area contributed by atoms with Gasteiger partial charge in [-0.2, -0.15) is 0 Å². The number of anilines is 1. The number of nitrogens with zero attached hydrogens (tertiary/aromatic N) is 6. The van der Waals surface area contributed by atoms with Crippen LogP contribution in [0.25, 0.3) is 10.9 Å². The third kappa shape index (κ3) is 4.82. The van der Waals surface area contributed by atoms with Crippen LogP contribution in [0, 0.1) is 5.82 Å². The number of halogens is 1. The topological polar surface area (TPSA) is 82.9 Å². The Morgan fingerprint density at radius 3 is 2.50 bits per heavy atom. The number of aromatic nitrogens is 5. The molecule has 0 radical (unpaired) electrons. The monoisotopic (exact) mass is 515 g/mol. The molecule has 1 aliphatic heterocycles. The molecule has 1 N–H and O–H groups in total. The van der Waals surface area contributed by atoms with Gasteiger partial charge in [0.15, 0.2) is 5.82 Å². The van der Waals surface area contributed by atoms with Crippen molar-refractivity contribution in [2.24, 2.45) is 0 Å². The summed E-state index contributed by atoms with van der Waals surface area (Å²) in [4.78, 5) is 21.3. The van der Waals surface area contributed by atoms with Gasteiger partial charge >= 0.3 is 0 Å². The molecule has 198 valence electrons. The first-order valence-electron chi connectivity index (χ1n) is 13.8. The van der Waals surface area contributed by atoms with Gasteiger partial charge in [-0.25, -0.2) is 9.07 Å². The molecule has 1 atom stereocenters.